The molecule has 0 atom stereocenters. The molecule has 0 spiro atoms. The SMILES string of the molecule is CC(=O)N1CCN(Cc2nc(-c3cc4c5c(c3)CC(=O)N5CCC4)cs2)CC1. The highest BCUT2D eigenvalue weighted by molar-refractivity contribution is 7.09. The molecule has 7 heteroatoms. The van der Waals surface area contributed by atoms with Gasteiger partial charge in [-0.15, -0.1) is 11.3 Å². The van der Waals surface area contributed by atoms with Crippen LogP contribution in [-0.2, 0) is 29.0 Å². The molecule has 1 aromatic heterocycles. The Morgan fingerprint density at radius 3 is 2.71 bits per heavy atom. The quantitative estimate of drug-likeness (QED) is 0.799. The molecule has 3 aliphatic rings. The lowest BCUT2D eigenvalue weighted by atomic mass is 9.96. The molecule has 28 heavy (non-hydrogen) atoms. The van der Waals surface area contributed by atoms with Gasteiger partial charge in [0.1, 0.15) is 5.01 Å². The number of carbonyl (C=O) groups is 2. The number of aryl methyl sites for hydroxylation is 1. The van der Waals surface area contributed by atoms with E-state index in [9.17, 15) is 9.59 Å². The molecule has 5 rings (SSSR count). The molecule has 6 nitrogen and oxygen atoms in total. The molecule has 2 amide bonds. The van der Waals surface area contributed by atoms with Gasteiger partial charge in [0.25, 0.3) is 0 Å². The molecule has 0 unspecified atom stereocenters. The maximum atomic E-state index is 12.3. The van der Waals surface area contributed by atoms with Crippen molar-refractivity contribution in [3.8, 4) is 11.3 Å². The summed E-state index contributed by atoms with van der Waals surface area (Å²) in [5.74, 6) is 0.394. The van der Waals surface area contributed by atoms with Crippen LogP contribution in [0.1, 0.15) is 29.5 Å². The first-order chi connectivity index (χ1) is 13.6. The summed E-state index contributed by atoms with van der Waals surface area (Å²) in [5.41, 5.74) is 5.76. The van der Waals surface area contributed by atoms with Crippen molar-refractivity contribution in [1.29, 1.82) is 0 Å². The largest absolute Gasteiger partial charge is 0.340 e. The van der Waals surface area contributed by atoms with Crippen molar-refractivity contribution in [3.05, 3.63) is 33.6 Å². The van der Waals surface area contributed by atoms with Crippen LogP contribution in [0.15, 0.2) is 17.5 Å². The first-order valence-corrected chi connectivity index (χ1v) is 10.9. The van der Waals surface area contributed by atoms with E-state index in [1.807, 2.05) is 9.80 Å². The minimum absolute atomic E-state index is 0.161. The average Bonchev–Trinajstić information content (AvgIpc) is 3.28. The predicted molar refractivity (Wildman–Crippen MR) is 109 cm³/mol. The third kappa shape index (κ3) is 3.12. The Hall–Kier alpha value is -2.25. The number of thiazole rings is 1. The van der Waals surface area contributed by atoms with Gasteiger partial charge < -0.3 is 9.80 Å². The minimum Gasteiger partial charge on any atom is -0.340 e. The van der Waals surface area contributed by atoms with Gasteiger partial charge in [-0.3, -0.25) is 14.5 Å². The summed E-state index contributed by atoms with van der Waals surface area (Å²) in [6.07, 6.45) is 2.60. The number of amides is 2. The monoisotopic (exact) mass is 396 g/mol. The molecular weight excluding hydrogens is 372 g/mol. The summed E-state index contributed by atoms with van der Waals surface area (Å²) in [4.78, 5) is 34.9. The molecule has 1 saturated heterocycles. The molecule has 0 N–H and O–H groups in total. The Morgan fingerprint density at radius 1 is 1.14 bits per heavy atom. The van der Waals surface area contributed by atoms with Gasteiger partial charge in [0.05, 0.1) is 24.3 Å². The maximum absolute atomic E-state index is 12.3. The lowest BCUT2D eigenvalue weighted by Gasteiger charge is -2.33. The van der Waals surface area contributed by atoms with Crippen molar-refractivity contribution < 1.29 is 9.59 Å². The normalized spacial score (nSPS) is 19.2. The van der Waals surface area contributed by atoms with Crippen LogP contribution >= 0.6 is 11.3 Å². The summed E-state index contributed by atoms with van der Waals surface area (Å²) in [6.45, 7) is 6.72. The van der Waals surface area contributed by atoms with Crippen LogP contribution in [0.3, 0.4) is 0 Å². The van der Waals surface area contributed by atoms with E-state index in [1.165, 1.54) is 11.3 Å². The lowest BCUT2D eigenvalue weighted by molar-refractivity contribution is -0.130. The second kappa shape index (κ2) is 6.97. The third-order valence-electron chi connectivity index (χ3n) is 6.03. The van der Waals surface area contributed by atoms with Crippen LogP contribution < -0.4 is 4.90 Å². The second-order valence-corrected chi connectivity index (χ2v) is 8.82. The topological polar surface area (TPSA) is 56.8 Å². The number of anilines is 1. The molecule has 1 aromatic carbocycles. The predicted octanol–water partition coefficient (Wildman–Crippen LogP) is 2.31. The van der Waals surface area contributed by atoms with Gasteiger partial charge in [0.15, 0.2) is 0 Å². The number of carbonyl (C=O) groups excluding carboxylic acids is 2. The Labute approximate surface area is 168 Å². The Balaban J connectivity index is 1.33. The molecule has 0 aliphatic carbocycles. The first-order valence-electron chi connectivity index (χ1n) is 9.97. The lowest BCUT2D eigenvalue weighted by Crippen LogP contribution is -2.47. The fraction of sp³-hybridized carbons (Fsp3) is 0.476. The van der Waals surface area contributed by atoms with Crippen molar-refractivity contribution in [3.63, 3.8) is 0 Å². The first kappa shape index (κ1) is 17.8. The van der Waals surface area contributed by atoms with Gasteiger partial charge in [-0.25, -0.2) is 4.98 Å². The Kier molecular flexibility index (Phi) is 4.44. The van der Waals surface area contributed by atoms with E-state index < -0.39 is 0 Å². The van der Waals surface area contributed by atoms with Crippen molar-refractivity contribution in [2.24, 2.45) is 0 Å². The van der Waals surface area contributed by atoms with Crippen LogP contribution in [0.4, 0.5) is 5.69 Å². The summed E-state index contributed by atoms with van der Waals surface area (Å²) < 4.78 is 0. The molecule has 2 aromatic rings. The molecule has 146 valence electrons. The number of benzene rings is 1. The summed E-state index contributed by atoms with van der Waals surface area (Å²) in [6, 6.07) is 4.39. The van der Waals surface area contributed by atoms with Crippen LogP contribution in [0.25, 0.3) is 11.3 Å². The zero-order chi connectivity index (χ0) is 19.3. The molecule has 1 fully saturated rings. The van der Waals surface area contributed by atoms with Crippen LogP contribution in [0, 0.1) is 0 Å². The standard InChI is InChI=1S/C21H24N4O2S/c1-14(26)24-7-5-23(6-8-24)12-19-22-18(13-28-19)16-9-15-3-2-4-25-20(27)11-17(10-16)21(15)25/h9-10,13H,2-8,11-12H2,1H3. The van der Waals surface area contributed by atoms with Gasteiger partial charge >= 0.3 is 0 Å². The van der Waals surface area contributed by atoms with Crippen molar-refractivity contribution in [1.82, 2.24) is 14.8 Å². The second-order valence-electron chi connectivity index (χ2n) is 7.88. The van der Waals surface area contributed by atoms with Crippen molar-refractivity contribution >= 4 is 28.8 Å². The van der Waals surface area contributed by atoms with E-state index in [1.54, 1.807) is 18.3 Å². The highest BCUT2D eigenvalue weighted by Crippen LogP contribution is 2.40. The fourth-order valence-corrected chi connectivity index (χ4v) is 5.40. The highest BCUT2D eigenvalue weighted by atomic mass is 32.1. The Morgan fingerprint density at radius 2 is 1.93 bits per heavy atom. The summed E-state index contributed by atoms with van der Waals surface area (Å²) >= 11 is 1.70. The van der Waals surface area contributed by atoms with Crippen molar-refractivity contribution in [2.75, 3.05) is 37.6 Å². The number of nitrogens with zero attached hydrogens (tertiary/aromatic N) is 4. The fourth-order valence-electron chi connectivity index (χ4n) is 4.56. The molecule has 4 heterocycles. The summed E-state index contributed by atoms with van der Waals surface area (Å²) in [7, 11) is 0. The molecular formula is C21H24N4O2S. The van der Waals surface area contributed by atoms with E-state index in [4.69, 9.17) is 4.98 Å². The molecule has 0 radical (unpaired) electrons. The van der Waals surface area contributed by atoms with E-state index in [-0.39, 0.29) is 11.8 Å². The third-order valence-corrected chi connectivity index (χ3v) is 6.87. The number of rotatable bonds is 3. The van der Waals surface area contributed by atoms with Crippen molar-refractivity contribution in [2.45, 2.75) is 32.7 Å². The smallest absolute Gasteiger partial charge is 0.231 e. The van der Waals surface area contributed by atoms with E-state index in [2.05, 4.69) is 22.4 Å². The maximum Gasteiger partial charge on any atom is 0.231 e. The van der Waals surface area contributed by atoms with Crippen LogP contribution in [0.5, 0.6) is 0 Å². The zero-order valence-electron chi connectivity index (χ0n) is 16.1. The summed E-state index contributed by atoms with van der Waals surface area (Å²) in [5, 5.41) is 3.24. The highest BCUT2D eigenvalue weighted by Gasteiger charge is 2.32. The van der Waals surface area contributed by atoms with Crippen LogP contribution in [-0.4, -0.2) is 59.3 Å². The molecule has 0 bridgehead atoms. The van der Waals surface area contributed by atoms with E-state index in [0.717, 1.165) is 73.9 Å². The number of piperazine rings is 1. The number of hydrogen-bond donors (Lipinski definition) is 0. The van der Waals surface area contributed by atoms with Gasteiger partial charge in [0.2, 0.25) is 11.8 Å². The zero-order valence-corrected chi connectivity index (χ0v) is 16.9. The average molecular weight is 397 g/mol. The Bertz CT molecular complexity index is 946. The van der Waals surface area contributed by atoms with E-state index in [0.29, 0.717) is 6.42 Å². The van der Waals surface area contributed by atoms with Gasteiger partial charge in [0, 0.05) is 50.6 Å². The van der Waals surface area contributed by atoms with Crippen LogP contribution in [0.2, 0.25) is 0 Å². The molecule has 3 aliphatic heterocycles. The minimum atomic E-state index is 0.161. The number of hydrogen-bond acceptors (Lipinski definition) is 5. The number of aromatic nitrogens is 1. The van der Waals surface area contributed by atoms with Gasteiger partial charge in [-0.05, 0) is 36.1 Å². The van der Waals surface area contributed by atoms with Gasteiger partial charge in [-0.1, -0.05) is 0 Å². The van der Waals surface area contributed by atoms with Gasteiger partial charge in [-0.2, -0.15) is 0 Å². The molecule has 0 saturated carbocycles. The van der Waals surface area contributed by atoms with E-state index >= 15 is 0 Å².